The van der Waals surface area contributed by atoms with E-state index in [2.05, 4.69) is 15.6 Å². The predicted octanol–water partition coefficient (Wildman–Crippen LogP) is 1.37. The van der Waals surface area contributed by atoms with E-state index >= 15 is 0 Å². The van der Waals surface area contributed by atoms with Crippen LogP contribution in [0, 0.1) is 0 Å². The third kappa shape index (κ3) is 3.30. The van der Waals surface area contributed by atoms with Crippen molar-refractivity contribution >= 4 is 17.5 Å². The van der Waals surface area contributed by atoms with Crippen molar-refractivity contribution in [2.24, 2.45) is 0 Å². The van der Waals surface area contributed by atoms with Crippen LogP contribution < -0.4 is 5.32 Å². The van der Waals surface area contributed by atoms with Crippen LogP contribution >= 0.6 is 11.6 Å². The van der Waals surface area contributed by atoms with Crippen molar-refractivity contribution in [3.05, 3.63) is 48.3 Å². The molecule has 1 atom stereocenters. The van der Waals surface area contributed by atoms with Gasteiger partial charge in [0.2, 0.25) is 5.91 Å². The van der Waals surface area contributed by atoms with E-state index < -0.39 is 5.38 Å². The number of hydrogen-bond donors (Lipinski definition) is 1. The topological polar surface area (TPSA) is 59.8 Å². The molecule has 6 heteroatoms. The number of hydrogen-bond acceptors (Lipinski definition) is 3. The van der Waals surface area contributed by atoms with Gasteiger partial charge < -0.3 is 5.32 Å². The zero-order valence-electron chi connectivity index (χ0n) is 9.66. The van der Waals surface area contributed by atoms with E-state index in [-0.39, 0.29) is 5.91 Å². The van der Waals surface area contributed by atoms with Gasteiger partial charge in [-0.3, -0.25) is 9.48 Å². The summed E-state index contributed by atoms with van der Waals surface area (Å²) in [4.78, 5) is 11.8. The monoisotopic (exact) mass is 264 g/mol. The van der Waals surface area contributed by atoms with Crippen LogP contribution in [0.3, 0.4) is 0 Å². The fourth-order valence-electron chi connectivity index (χ4n) is 1.51. The van der Waals surface area contributed by atoms with Gasteiger partial charge in [0.05, 0.1) is 12.7 Å². The van der Waals surface area contributed by atoms with Crippen molar-refractivity contribution in [1.29, 1.82) is 0 Å². The molecule has 1 aromatic heterocycles. The summed E-state index contributed by atoms with van der Waals surface area (Å²) in [6.07, 6.45) is 3.33. The maximum Gasteiger partial charge on any atom is 0.242 e. The van der Waals surface area contributed by atoms with Crippen LogP contribution in [0.25, 0.3) is 0 Å². The average molecular weight is 265 g/mol. The first-order valence-corrected chi connectivity index (χ1v) is 6.02. The third-order valence-electron chi connectivity index (χ3n) is 2.43. The molecule has 1 amide bonds. The van der Waals surface area contributed by atoms with Crippen LogP contribution in [0.5, 0.6) is 0 Å². The Morgan fingerprint density at radius 1 is 1.39 bits per heavy atom. The summed E-state index contributed by atoms with van der Waals surface area (Å²) in [5.41, 5.74) is 0.789. The van der Waals surface area contributed by atoms with Gasteiger partial charge in [0.1, 0.15) is 5.38 Å². The molecule has 1 heterocycles. The number of carbonyl (C=O) groups excluding carboxylic acids is 1. The van der Waals surface area contributed by atoms with E-state index in [0.29, 0.717) is 13.1 Å². The summed E-state index contributed by atoms with van der Waals surface area (Å²) >= 11 is 6.07. The zero-order valence-corrected chi connectivity index (χ0v) is 10.4. The summed E-state index contributed by atoms with van der Waals surface area (Å²) in [7, 11) is 0. The average Bonchev–Trinajstić information content (AvgIpc) is 2.92. The molecule has 0 saturated carbocycles. The Morgan fingerprint density at radius 3 is 2.83 bits per heavy atom. The summed E-state index contributed by atoms with van der Waals surface area (Å²) < 4.78 is 1.64. The largest absolute Gasteiger partial charge is 0.353 e. The standard InChI is InChI=1S/C12H13ClN4O/c13-11(10-4-2-1-3-5-10)12(18)14-6-8-17-9-7-15-16-17/h1-5,7,9,11H,6,8H2,(H,14,18). The highest BCUT2D eigenvalue weighted by Crippen LogP contribution is 2.19. The Kier molecular flexibility index (Phi) is 4.30. The van der Waals surface area contributed by atoms with Gasteiger partial charge in [-0.05, 0) is 5.56 Å². The molecule has 0 bridgehead atoms. The predicted molar refractivity (Wildman–Crippen MR) is 68.1 cm³/mol. The Labute approximate surface area is 110 Å². The molecular weight excluding hydrogens is 252 g/mol. The molecule has 1 aromatic carbocycles. The van der Waals surface area contributed by atoms with Gasteiger partial charge in [0.25, 0.3) is 0 Å². The molecule has 5 nitrogen and oxygen atoms in total. The summed E-state index contributed by atoms with van der Waals surface area (Å²) in [5.74, 6) is -0.206. The molecule has 2 rings (SSSR count). The van der Waals surface area contributed by atoms with E-state index in [9.17, 15) is 4.79 Å². The van der Waals surface area contributed by atoms with Crippen molar-refractivity contribution < 1.29 is 4.79 Å². The maximum atomic E-state index is 11.8. The molecule has 0 aliphatic heterocycles. The number of carbonyl (C=O) groups is 1. The Hall–Kier alpha value is -1.88. The van der Waals surface area contributed by atoms with Gasteiger partial charge >= 0.3 is 0 Å². The Morgan fingerprint density at radius 2 is 2.17 bits per heavy atom. The van der Waals surface area contributed by atoms with Gasteiger partial charge in [0, 0.05) is 12.7 Å². The lowest BCUT2D eigenvalue weighted by Crippen LogP contribution is -2.30. The van der Waals surface area contributed by atoms with Crippen LogP contribution in [0.15, 0.2) is 42.7 Å². The van der Waals surface area contributed by atoms with E-state index in [1.54, 1.807) is 17.1 Å². The summed E-state index contributed by atoms with van der Waals surface area (Å²) in [5, 5.41) is 9.57. The van der Waals surface area contributed by atoms with Crippen molar-refractivity contribution in [3.63, 3.8) is 0 Å². The van der Waals surface area contributed by atoms with E-state index in [0.717, 1.165) is 5.56 Å². The van der Waals surface area contributed by atoms with Crippen LogP contribution in [0.1, 0.15) is 10.9 Å². The number of halogens is 1. The molecule has 1 unspecified atom stereocenters. The minimum Gasteiger partial charge on any atom is -0.353 e. The van der Waals surface area contributed by atoms with Crippen LogP contribution in [0.4, 0.5) is 0 Å². The molecule has 0 aliphatic carbocycles. The van der Waals surface area contributed by atoms with Gasteiger partial charge in [-0.1, -0.05) is 35.5 Å². The normalized spacial score (nSPS) is 12.1. The second-order valence-electron chi connectivity index (χ2n) is 3.73. The molecule has 94 valence electrons. The number of benzene rings is 1. The maximum absolute atomic E-state index is 11.8. The fourth-order valence-corrected chi connectivity index (χ4v) is 1.73. The lowest BCUT2D eigenvalue weighted by Gasteiger charge is -2.10. The molecule has 0 saturated heterocycles. The molecule has 0 fully saturated rings. The van der Waals surface area contributed by atoms with E-state index in [4.69, 9.17) is 11.6 Å². The highest BCUT2D eigenvalue weighted by Gasteiger charge is 2.16. The first-order chi connectivity index (χ1) is 8.77. The number of amides is 1. The second-order valence-corrected chi connectivity index (χ2v) is 4.17. The molecule has 2 aromatic rings. The fraction of sp³-hybridized carbons (Fsp3) is 0.250. The Bertz CT molecular complexity index is 486. The number of alkyl halides is 1. The first-order valence-electron chi connectivity index (χ1n) is 5.58. The van der Waals surface area contributed by atoms with Gasteiger partial charge in [-0.15, -0.1) is 16.7 Å². The molecule has 0 spiro atoms. The van der Waals surface area contributed by atoms with E-state index in [1.807, 2.05) is 30.3 Å². The molecule has 1 N–H and O–H groups in total. The van der Waals surface area contributed by atoms with Gasteiger partial charge in [-0.25, -0.2) is 0 Å². The van der Waals surface area contributed by atoms with Crippen molar-refractivity contribution in [2.45, 2.75) is 11.9 Å². The van der Waals surface area contributed by atoms with Gasteiger partial charge in [-0.2, -0.15) is 0 Å². The number of nitrogens with zero attached hydrogens (tertiary/aromatic N) is 3. The number of nitrogens with one attached hydrogen (secondary N) is 1. The molecule has 0 aliphatic rings. The summed E-state index contributed by atoms with van der Waals surface area (Å²) in [6.45, 7) is 1.04. The van der Waals surface area contributed by atoms with Crippen molar-refractivity contribution in [2.75, 3.05) is 6.54 Å². The number of rotatable bonds is 5. The van der Waals surface area contributed by atoms with Crippen LogP contribution in [-0.2, 0) is 11.3 Å². The van der Waals surface area contributed by atoms with Crippen molar-refractivity contribution in [1.82, 2.24) is 20.3 Å². The second kappa shape index (κ2) is 6.16. The highest BCUT2D eigenvalue weighted by molar-refractivity contribution is 6.30. The van der Waals surface area contributed by atoms with Crippen molar-refractivity contribution in [3.8, 4) is 0 Å². The first kappa shape index (κ1) is 12.6. The van der Waals surface area contributed by atoms with Crippen LogP contribution in [-0.4, -0.2) is 27.4 Å². The zero-order chi connectivity index (χ0) is 12.8. The van der Waals surface area contributed by atoms with Gasteiger partial charge in [0.15, 0.2) is 0 Å². The third-order valence-corrected chi connectivity index (χ3v) is 2.88. The van der Waals surface area contributed by atoms with Crippen LogP contribution in [0.2, 0.25) is 0 Å². The smallest absolute Gasteiger partial charge is 0.242 e. The lowest BCUT2D eigenvalue weighted by molar-refractivity contribution is -0.120. The molecule has 0 radical (unpaired) electrons. The Balaban J connectivity index is 1.81. The highest BCUT2D eigenvalue weighted by atomic mass is 35.5. The number of aromatic nitrogens is 3. The molecule has 18 heavy (non-hydrogen) atoms. The minimum absolute atomic E-state index is 0.206. The molecular formula is C12H13ClN4O. The lowest BCUT2D eigenvalue weighted by atomic mass is 10.1. The quantitative estimate of drug-likeness (QED) is 0.830. The minimum atomic E-state index is -0.665. The summed E-state index contributed by atoms with van der Waals surface area (Å²) in [6, 6.07) is 9.25. The van der Waals surface area contributed by atoms with E-state index in [1.165, 1.54) is 0 Å². The SMILES string of the molecule is O=C(NCCn1ccnn1)C(Cl)c1ccccc1.